The minimum absolute atomic E-state index is 0.0279. The van der Waals surface area contributed by atoms with Gasteiger partial charge in [0.2, 0.25) is 0 Å². The summed E-state index contributed by atoms with van der Waals surface area (Å²) in [6, 6.07) is 3.01. The van der Waals surface area contributed by atoms with E-state index in [-0.39, 0.29) is 5.69 Å². The number of benzene rings is 1. The van der Waals surface area contributed by atoms with Crippen LogP contribution in [0.1, 0.15) is 11.1 Å². The summed E-state index contributed by atoms with van der Waals surface area (Å²) in [6.07, 6.45) is 0. The van der Waals surface area contributed by atoms with Crippen molar-refractivity contribution in [3.05, 3.63) is 33.4 Å². The van der Waals surface area contributed by atoms with Gasteiger partial charge in [-0.3, -0.25) is 10.1 Å². The molecule has 1 aromatic carbocycles. The van der Waals surface area contributed by atoms with Crippen LogP contribution in [-0.2, 0) is 0 Å². The number of hydrogen-bond donors (Lipinski definition) is 1. The van der Waals surface area contributed by atoms with Crippen molar-refractivity contribution in [3.8, 4) is 22.9 Å². The van der Waals surface area contributed by atoms with E-state index in [1.54, 1.807) is 6.07 Å². The summed E-state index contributed by atoms with van der Waals surface area (Å²) < 4.78 is 0. The van der Waals surface area contributed by atoms with Crippen LogP contribution in [0.3, 0.4) is 0 Å². The quantitative estimate of drug-likeness (QED) is 0.281. The molecule has 0 aromatic heterocycles. The van der Waals surface area contributed by atoms with Crippen molar-refractivity contribution < 1.29 is 4.92 Å². The molecule has 4 nitrogen and oxygen atoms in total. The molecule has 0 spiro atoms. The fraction of sp³-hybridized carbons (Fsp3) is 0.375. The summed E-state index contributed by atoms with van der Waals surface area (Å²) in [5.74, 6) is 5.92. The van der Waals surface area contributed by atoms with E-state index in [9.17, 15) is 10.1 Å². The van der Waals surface area contributed by atoms with Crippen LogP contribution in [0.4, 0.5) is 11.4 Å². The number of nitrogens with two attached hydrogens (primary N) is 1. The molecule has 0 saturated carbocycles. The zero-order chi connectivity index (χ0) is 17.1. The van der Waals surface area contributed by atoms with Crippen molar-refractivity contribution in [3.63, 3.8) is 0 Å². The number of nitro groups is 1. The molecule has 0 amide bonds. The predicted octanol–water partition coefficient (Wildman–Crippen LogP) is 3.63. The molecule has 0 fully saturated rings. The summed E-state index contributed by atoms with van der Waals surface area (Å²) >= 11 is 0. The molecule has 6 heteroatoms. The van der Waals surface area contributed by atoms with Crippen LogP contribution in [0.2, 0.25) is 39.3 Å². The summed E-state index contributed by atoms with van der Waals surface area (Å²) in [5, 5.41) is 11.3. The molecule has 0 aliphatic rings. The van der Waals surface area contributed by atoms with Crippen molar-refractivity contribution in [2.24, 2.45) is 0 Å². The highest BCUT2D eigenvalue weighted by Gasteiger charge is 2.17. The number of anilines is 1. The largest absolute Gasteiger partial charge is 0.398 e. The molecule has 0 aliphatic heterocycles. The summed E-state index contributed by atoms with van der Waals surface area (Å²) in [6.45, 7) is 12.6. The SMILES string of the molecule is C[Si](C)(C)C#Cc1cc([N+](=O)[O-])c(C#C[Si](C)(C)C)cc1N. The molecular formula is C16H22N2O2Si2. The van der Waals surface area contributed by atoms with Gasteiger partial charge in [0.1, 0.15) is 21.7 Å². The van der Waals surface area contributed by atoms with Gasteiger partial charge in [0, 0.05) is 11.8 Å². The molecule has 116 valence electrons. The number of rotatable bonds is 1. The van der Waals surface area contributed by atoms with Gasteiger partial charge in [-0.2, -0.15) is 0 Å². The maximum absolute atomic E-state index is 11.3. The Balaban J connectivity index is 3.44. The van der Waals surface area contributed by atoms with Gasteiger partial charge >= 0.3 is 0 Å². The molecular weight excluding hydrogens is 308 g/mol. The summed E-state index contributed by atoms with van der Waals surface area (Å²) in [5.41, 5.74) is 13.6. The molecule has 1 aromatic rings. The molecule has 1 rings (SSSR count). The Labute approximate surface area is 134 Å². The molecule has 2 N–H and O–H groups in total. The maximum Gasteiger partial charge on any atom is 0.286 e. The predicted molar refractivity (Wildman–Crippen MR) is 98.0 cm³/mol. The molecule has 0 heterocycles. The lowest BCUT2D eigenvalue weighted by molar-refractivity contribution is -0.385. The highest BCUT2D eigenvalue weighted by atomic mass is 28.3. The Bertz CT molecular complexity index is 721. The average molecular weight is 331 g/mol. The van der Waals surface area contributed by atoms with Gasteiger partial charge < -0.3 is 5.73 Å². The standard InChI is InChI=1S/C16H22N2O2Si2/c1-21(2,3)9-7-13-12-16(18(19)20)14(11-15(13)17)8-10-22(4,5)6/h11-12H,17H2,1-6H3. The van der Waals surface area contributed by atoms with Gasteiger partial charge in [0.05, 0.1) is 10.5 Å². The Kier molecular flexibility index (Phi) is 5.23. The van der Waals surface area contributed by atoms with Crippen molar-refractivity contribution >= 4 is 27.5 Å². The number of nitro benzene ring substituents is 1. The molecule has 22 heavy (non-hydrogen) atoms. The van der Waals surface area contributed by atoms with Gasteiger partial charge in [-0.1, -0.05) is 51.1 Å². The maximum atomic E-state index is 11.3. The molecule has 0 atom stereocenters. The number of nitrogen functional groups attached to an aromatic ring is 1. The average Bonchev–Trinajstić information content (AvgIpc) is 2.32. The van der Waals surface area contributed by atoms with Crippen LogP contribution >= 0.6 is 0 Å². The Morgan fingerprint density at radius 1 is 0.955 bits per heavy atom. The second-order valence-electron chi connectivity index (χ2n) is 7.21. The van der Waals surface area contributed by atoms with Crippen LogP contribution < -0.4 is 5.73 Å². The lowest BCUT2D eigenvalue weighted by atomic mass is 10.1. The van der Waals surface area contributed by atoms with Gasteiger partial charge in [-0.25, -0.2) is 0 Å². The van der Waals surface area contributed by atoms with Crippen LogP contribution in [0.5, 0.6) is 0 Å². The van der Waals surface area contributed by atoms with Gasteiger partial charge in [-0.15, -0.1) is 11.1 Å². The highest BCUT2D eigenvalue weighted by molar-refractivity contribution is 6.84. The third kappa shape index (κ3) is 5.76. The van der Waals surface area contributed by atoms with Gasteiger partial charge in [0.15, 0.2) is 0 Å². The monoisotopic (exact) mass is 330 g/mol. The number of hydrogen-bond acceptors (Lipinski definition) is 3. The summed E-state index contributed by atoms with van der Waals surface area (Å²) in [4.78, 5) is 10.9. The van der Waals surface area contributed by atoms with E-state index in [2.05, 4.69) is 62.2 Å². The van der Waals surface area contributed by atoms with E-state index >= 15 is 0 Å². The van der Waals surface area contributed by atoms with E-state index in [1.165, 1.54) is 6.07 Å². The molecule has 0 saturated heterocycles. The normalized spacial score (nSPS) is 11.0. The molecule has 0 unspecified atom stereocenters. The fourth-order valence-electron chi connectivity index (χ4n) is 1.47. The number of nitrogens with zero attached hydrogens (tertiary/aromatic N) is 1. The van der Waals surface area contributed by atoms with Gasteiger partial charge in [-0.05, 0) is 6.07 Å². The minimum Gasteiger partial charge on any atom is -0.398 e. The van der Waals surface area contributed by atoms with E-state index in [0.717, 1.165) is 0 Å². The van der Waals surface area contributed by atoms with E-state index < -0.39 is 21.1 Å². The smallest absolute Gasteiger partial charge is 0.286 e. The van der Waals surface area contributed by atoms with Crippen LogP contribution in [0.15, 0.2) is 12.1 Å². The van der Waals surface area contributed by atoms with Crippen LogP contribution in [0, 0.1) is 33.0 Å². The van der Waals surface area contributed by atoms with Gasteiger partial charge in [0.25, 0.3) is 5.69 Å². The van der Waals surface area contributed by atoms with E-state index in [4.69, 9.17) is 5.73 Å². The topological polar surface area (TPSA) is 69.2 Å². The van der Waals surface area contributed by atoms with Crippen molar-refractivity contribution in [1.29, 1.82) is 0 Å². The van der Waals surface area contributed by atoms with Crippen LogP contribution in [0.25, 0.3) is 0 Å². The van der Waals surface area contributed by atoms with E-state index in [1.807, 2.05) is 0 Å². The molecule has 0 radical (unpaired) electrons. The first kappa shape index (κ1) is 18.0. The minimum atomic E-state index is -1.62. The first-order chi connectivity index (χ1) is 9.89. The third-order valence-corrected chi connectivity index (χ3v) is 4.26. The fourth-order valence-corrected chi connectivity index (χ4v) is 2.49. The lowest BCUT2D eigenvalue weighted by Crippen LogP contribution is -2.16. The third-order valence-electron chi connectivity index (χ3n) is 2.51. The molecule has 0 aliphatic carbocycles. The second-order valence-corrected chi connectivity index (χ2v) is 16.7. The Morgan fingerprint density at radius 3 is 1.82 bits per heavy atom. The van der Waals surface area contributed by atoms with Crippen molar-refractivity contribution in [2.45, 2.75) is 39.3 Å². The first-order valence-corrected chi connectivity index (χ1v) is 14.0. The highest BCUT2D eigenvalue weighted by Crippen LogP contribution is 2.24. The zero-order valence-electron chi connectivity index (χ0n) is 14.0. The first-order valence-electron chi connectivity index (χ1n) is 7.03. The Morgan fingerprint density at radius 2 is 1.41 bits per heavy atom. The zero-order valence-corrected chi connectivity index (χ0v) is 16.0. The Hall–Kier alpha value is -2.03. The second kappa shape index (κ2) is 6.39. The van der Waals surface area contributed by atoms with Crippen molar-refractivity contribution in [2.75, 3.05) is 5.73 Å². The molecule has 0 bridgehead atoms. The van der Waals surface area contributed by atoms with Crippen molar-refractivity contribution in [1.82, 2.24) is 0 Å². The lowest BCUT2D eigenvalue weighted by Gasteiger charge is -2.06. The van der Waals surface area contributed by atoms with E-state index in [0.29, 0.717) is 16.8 Å². The van der Waals surface area contributed by atoms with Crippen LogP contribution in [-0.4, -0.2) is 21.1 Å². The summed E-state index contributed by atoms with van der Waals surface area (Å²) in [7, 11) is -3.19.